The van der Waals surface area contributed by atoms with E-state index in [1.165, 1.54) is 6.92 Å². The van der Waals surface area contributed by atoms with E-state index in [-0.39, 0.29) is 24.7 Å². The first-order valence-corrected chi connectivity index (χ1v) is 6.45. The van der Waals surface area contributed by atoms with Gasteiger partial charge in [0.25, 0.3) is 0 Å². The molecule has 0 aliphatic heterocycles. The second-order valence-corrected chi connectivity index (χ2v) is 4.63. The van der Waals surface area contributed by atoms with Crippen molar-refractivity contribution in [1.82, 2.24) is 20.8 Å². The molecule has 0 aromatic carbocycles. The highest BCUT2D eigenvalue weighted by molar-refractivity contribution is 5.82. The lowest BCUT2D eigenvalue weighted by Crippen LogP contribution is -2.51. The molecule has 0 aliphatic carbocycles. The topological polar surface area (TPSA) is 201 Å². The fourth-order valence-electron chi connectivity index (χ4n) is 1.51. The van der Waals surface area contributed by atoms with Crippen LogP contribution in [0.5, 0.6) is 0 Å². The summed E-state index contributed by atoms with van der Waals surface area (Å²) >= 11 is 0. The van der Waals surface area contributed by atoms with Crippen LogP contribution in [0.1, 0.15) is 31.1 Å². The summed E-state index contributed by atoms with van der Waals surface area (Å²) in [4.78, 5) is 36.7. The number of hydrogen-bond donors (Lipinski definition) is 6. The fraction of sp³-hybridized carbons (Fsp3) is 0.545. The molecule has 2 amide bonds. The van der Waals surface area contributed by atoms with Gasteiger partial charge in [-0.15, -0.1) is 0 Å². The molecule has 7 N–H and O–H groups in total. The summed E-state index contributed by atoms with van der Waals surface area (Å²) < 4.78 is 4.78. The number of carbonyl (C=O) groups excluding carboxylic acids is 1. The highest BCUT2D eigenvalue weighted by Gasteiger charge is 2.25. The maximum atomic E-state index is 11.5. The minimum atomic E-state index is -1.47. The molecular weight excluding hydrogens is 314 g/mol. The van der Waals surface area contributed by atoms with Crippen LogP contribution in [0.25, 0.3) is 0 Å². The van der Waals surface area contributed by atoms with Gasteiger partial charge in [-0.2, -0.15) is 4.98 Å². The molecule has 1 heterocycles. The number of amides is 2. The smallest absolute Gasteiger partial charge is 0.328 e. The van der Waals surface area contributed by atoms with Gasteiger partial charge in [-0.05, 0) is 6.92 Å². The van der Waals surface area contributed by atoms with Crippen molar-refractivity contribution in [2.24, 2.45) is 5.73 Å². The quantitative estimate of drug-likeness (QED) is 0.315. The van der Waals surface area contributed by atoms with E-state index in [1.807, 2.05) is 5.32 Å². The van der Waals surface area contributed by atoms with Gasteiger partial charge in [0.2, 0.25) is 5.89 Å². The van der Waals surface area contributed by atoms with E-state index in [1.54, 1.807) is 0 Å². The third-order valence-electron chi connectivity index (χ3n) is 2.65. The molecular formula is C11H17N5O7. The van der Waals surface area contributed by atoms with Gasteiger partial charge in [-0.25, -0.2) is 9.59 Å². The maximum Gasteiger partial charge on any atom is 0.328 e. The van der Waals surface area contributed by atoms with Gasteiger partial charge in [0, 0.05) is 0 Å². The number of carboxylic acids is 2. The number of hydrogen-bond acceptors (Lipinski definition) is 8. The fourth-order valence-corrected chi connectivity index (χ4v) is 1.51. The van der Waals surface area contributed by atoms with E-state index >= 15 is 0 Å². The van der Waals surface area contributed by atoms with Crippen molar-refractivity contribution in [1.29, 1.82) is 0 Å². The van der Waals surface area contributed by atoms with Crippen molar-refractivity contribution in [3.63, 3.8) is 0 Å². The molecule has 12 nitrogen and oxygen atoms in total. The number of aliphatic carboxylic acids is 2. The molecule has 23 heavy (non-hydrogen) atoms. The molecule has 1 aromatic rings. The van der Waals surface area contributed by atoms with Gasteiger partial charge in [-0.1, -0.05) is 5.16 Å². The lowest BCUT2D eigenvalue weighted by atomic mass is 10.2. The third kappa shape index (κ3) is 5.88. The Labute approximate surface area is 129 Å². The molecule has 1 aromatic heterocycles. The number of aromatic nitrogens is 2. The molecule has 12 heteroatoms. The number of carbonyl (C=O) groups is 3. The minimum Gasteiger partial charge on any atom is -0.481 e. The Balaban J connectivity index is 2.52. The number of nitrogens with two attached hydrogens (primary N) is 1. The number of urea groups is 1. The van der Waals surface area contributed by atoms with Crippen LogP contribution in [0, 0.1) is 0 Å². The molecule has 3 atom stereocenters. The van der Waals surface area contributed by atoms with Crippen LogP contribution in [0.3, 0.4) is 0 Å². The first-order valence-electron chi connectivity index (χ1n) is 6.45. The highest BCUT2D eigenvalue weighted by Crippen LogP contribution is 2.10. The Morgan fingerprint density at radius 1 is 1.35 bits per heavy atom. The lowest BCUT2D eigenvalue weighted by Gasteiger charge is -2.16. The Morgan fingerprint density at radius 3 is 2.52 bits per heavy atom. The summed E-state index contributed by atoms with van der Waals surface area (Å²) in [6, 6.07) is -3.30. The van der Waals surface area contributed by atoms with Gasteiger partial charge in [0.05, 0.1) is 25.1 Å². The second kappa shape index (κ2) is 8.05. The van der Waals surface area contributed by atoms with Gasteiger partial charge in [0.1, 0.15) is 0 Å². The van der Waals surface area contributed by atoms with Crippen molar-refractivity contribution >= 4 is 18.0 Å². The van der Waals surface area contributed by atoms with Crippen LogP contribution in [0.2, 0.25) is 0 Å². The predicted molar refractivity (Wildman–Crippen MR) is 72.0 cm³/mol. The lowest BCUT2D eigenvalue weighted by molar-refractivity contribution is -0.142. The molecule has 0 bridgehead atoms. The summed E-state index contributed by atoms with van der Waals surface area (Å²) in [7, 11) is 0. The molecule has 0 saturated carbocycles. The van der Waals surface area contributed by atoms with E-state index in [9.17, 15) is 19.5 Å². The molecule has 0 aliphatic rings. The average molecular weight is 331 g/mol. The zero-order valence-electron chi connectivity index (χ0n) is 12.1. The predicted octanol–water partition coefficient (Wildman–Crippen LogP) is -1.82. The molecule has 128 valence electrons. The Bertz CT molecular complexity index is 573. The second-order valence-electron chi connectivity index (χ2n) is 4.63. The zero-order valence-corrected chi connectivity index (χ0v) is 12.1. The third-order valence-corrected chi connectivity index (χ3v) is 2.65. The first-order chi connectivity index (χ1) is 10.7. The number of carboxylic acid groups (broad SMARTS) is 2. The van der Waals surface area contributed by atoms with Gasteiger partial charge < -0.3 is 36.2 Å². The number of nitrogens with one attached hydrogen (secondary N) is 2. The van der Waals surface area contributed by atoms with E-state index < -0.39 is 36.2 Å². The van der Waals surface area contributed by atoms with Crippen molar-refractivity contribution in [3.05, 3.63) is 11.7 Å². The van der Waals surface area contributed by atoms with E-state index in [0.717, 1.165) is 0 Å². The molecule has 0 spiro atoms. The zero-order chi connectivity index (χ0) is 17.6. The molecule has 0 radical (unpaired) electrons. The van der Waals surface area contributed by atoms with Crippen molar-refractivity contribution in [2.75, 3.05) is 0 Å². The van der Waals surface area contributed by atoms with E-state index in [2.05, 4.69) is 15.5 Å². The molecule has 1 rings (SSSR count). The Morgan fingerprint density at radius 2 is 2.00 bits per heavy atom. The van der Waals surface area contributed by atoms with Crippen LogP contribution < -0.4 is 16.4 Å². The maximum absolute atomic E-state index is 11.5. The minimum absolute atomic E-state index is 0.0306. The number of aliphatic hydroxyl groups is 1. The molecule has 0 saturated heterocycles. The van der Waals surface area contributed by atoms with Crippen molar-refractivity contribution in [2.45, 2.75) is 38.1 Å². The normalized spacial score (nSPS) is 14.6. The Hall–Kier alpha value is -2.73. The summed E-state index contributed by atoms with van der Waals surface area (Å²) in [6.45, 7) is 0.984. The van der Waals surface area contributed by atoms with Gasteiger partial charge in [-0.3, -0.25) is 4.79 Å². The van der Waals surface area contributed by atoms with Crippen LogP contribution >= 0.6 is 0 Å². The Kier molecular flexibility index (Phi) is 6.41. The summed E-state index contributed by atoms with van der Waals surface area (Å²) in [5, 5.41) is 34.4. The number of aliphatic hydroxyl groups excluding tert-OH is 1. The molecule has 2 unspecified atom stereocenters. The summed E-state index contributed by atoms with van der Waals surface area (Å²) in [5.74, 6) is -2.59. The number of nitrogens with zero attached hydrogens (tertiary/aromatic N) is 2. The standard InChI is InChI=1S/C11H17N5O7/c1-4(17)8(10(20)21)15-11(22)13-3-6-14-9(16-23-6)5(12)2-7(18)19/h4-5,8,17H,2-3,12H2,1H3,(H,18,19)(H,20,21)(H2,13,15,22)/t4?,5-,8?/m0/s1. The van der Waals surface area contributed by atoms with Crippen LogP contribution in [0.15, 0.2) is 4.52 Å². The van der Waals surface area contributed by atoms with E-state index in [4.69, 9.17) is 20.5 Å². The van der Waals surface area contributed by atoms with E-state index in [0.29, 0.717) is 0 Å². The average Bonchev–Trinajstić information content (AvgIpc) is 2.90. The SMILES string of the molecule is CC(O)C(NC(=O)NCc1nc([C@@H](N)CC(=O)O)no1)C(=O)O. The van der Waals surface area contributed by atoms with Crippen LogP contribution in [-0.4, -0.2) is 55.6 Å². The van der Waals surface area contributed by atoms with Gasteiger partial charge >= 0.3 is 18.0 Å². The van der Waals surface area contributed by atoms with Crippen LogP contribution in [-0.2, 0) is 16.1 Å². The number of rotatable bonds is 8. The molecule has 0 fully saturated rings. The largest absolute Gasteiger partial charge is 0.481 e. The van der Waals surface area contributed by atoms with Crippen molar-refractivity contribution in [3.8, 4) is 0 Å². The van der Waals surface area contributed by atoms with Gasteiger partial charge in [0.15, 0.2) is 11.9 Å². The first kappa shape index (κ1) is 18.3. The summed E-state index contributed by atoms with van der Waals surface area (Å²) in [6.07, 6.45) is -1.68. The highest BCUT2D eigenvalue weighted by atomic mass is 16.5. The summed E-state index contributed by atoms with van der Waals surface area (Å²) in [5.41, 5.74) is 5.54. The van der Waals surface area contributed by atoms with Crippen molar-refractivity contribution < 1.29 is 34.2 Å². The van der Waals surface area contributed by atoms with Crippen LogP contribution in [0.4, 0.5) is 4.79 Å². The monoisotopic (exact) mass is 331 g/mol.